The van der Waals surface area contributed by atoms with Crippen LogP contribution in [0.1, 0.15) is 46.5 Å². The number of hydrogen-bond donors (Lipinski definition) is 1. The van der Waals surface area contributed by atoms with Crippen LogP contribution in [0.25, 0.3) is 0 Å². The lowest BCUT2D eigenvalue weighted by atomic mass is 9.92. The van der Waals surface area contributed by atoms with Crippen LogP contribution in [0, 0.1) is 11.7 Å². The molecule has 0 spiro atoms. The Labute approximate surface area is 152 Å². The van der Waals surface area contributed by atoms with Crippen LogP contribution in [0.2, 0.25) is 0 Å². The van der Waals surface area contributed by atoms with Gasteiger partial charge in [0.25, 0.3) is 0 Å². The largest absolute Gasteiger partial charge is 0.375 e. The van der Waals surface area contributed by atoms with E-state index in [0.29, 0.717) is 5.69 Å². The van der Waals surface area contributed by atoms with E-state index in [1.54, 1.807) is 12.1 Å². The molecule has 4 heteroatoms. The van der Waals surface area contributed by atoms with Crippen LogP contribution in [0.3, 0.4) is 0 Å². The molecule has 0 radical (unpaired) electrons. The van der Waals surface area contributed by atoms with Crippen molar-refractivity contribution in [3.8, 4) is 0 Å². The minimum atomic E-state index is -0.272. The molecule has 2 unspecified atom stereocenters. The minimum absolute atomic E-state index is 0.209. The van der Waals surface area contributed by atoms with Crippen molar-refractivity contribution >= 4 is 11.4 Å². The van der Waals surface area contributed by atoms with Gasteiger partial charge < -0.3 is 10.2 Å². The number of nitrogens with zero attached hydrogens (tertiary/aromatic N) is 2. The zero-order valence-corrected chi connectivity index (χ0v) is 15.9. The van der Waals surface area contributed by atoms with E-state index in [9.17, 15) is 4.39 Å². The number of likely N-dealkylation sites (tertiary alicyclic amines) is 1. The Morgan fingerprint density at radius 3 is 2.60 bits per heavy atom. The molecule has 0 aromatic heterocycles. The van der Waals surface area contributed by atoms with E-state index in [-0.39, 0.29) is 17.8 Å². The molecule has 0 amide bonds. The molecule has 0 aliphatic carbocycles. The van der Waals surface area contributed by atoms with Gasteiger partial charge in [-0.1, -0.05) is 32.6 Å². The Kier molecular flexibility index (Phi) is 7.63. The molecule has 1 fully saturated rings. The van der Waals surface area contributed by atoms with Crippen LogP contribution < -0.4 is 5.32 Å². The van der Waals surface area contributed by atoms with E-state index >= 15 is 0 Å². The van der Waals surface area contributed by atoms with E-state index in [0.717, 1.165) is 31.8 Å². The molecule has 25 heavy (non-hydrogen) atoms. The number of halogens is 1. The number of hydrogen-bond acceptors (Lipinski definition) is 3. The fourth-order valence-electron chi connectivity index (χ4n) is 3.41. The quantitative estimate of drug-likeness (QED) is 0.677. The Morgan fingerprint density at radius 1 is 1.28 bits per heavy atom. The monoisotopic (exact) mass is 345 g/mol. The smallest absolute Gasteiger partial charge is 0.148 e. The standard InChI is InChI=1S/C21H32FN3/c1-5-23-21(15-16(2)25-13-9-6-10-14-25)17(3)18(4)24-20-12-8-7-11-19(20)22/h7-8,11-12,17,21,23H,2,5-6,9-10,13-15H2,1,3-4H3. The summed E-state index contributed by atoms with van der Waals surface area (Å²) in [6.45, 7) is 13.7. The summed E-state index contributed by atoms with van der Waals surface area (Å²) in [7, 11) is 0. The number of aliphatic imine (C=N–C) groups is 1. The SMILES string of the molecule is C=C(CC(NCC)C(C)C(C)=Nc1ccccc1F)N1CCCCC1. The summed E-state index contributed by atoms with van der Waals surface area (Å²) in [5.74, 6) is -0.0622. The first-order valence-electron chi connectivity index (χ1n) is 9.48. The van der Waals surface area contributed by atoms with Gasteiger partial charge in [-0.25, -0.2) is 4.39 Å². The van der Waals surface area contributed by atoms with Gasteiger partial charge in [-0.2, -0.15) is 0 Å². The lowest BCUT2D eigenvalue weighted by Gasteiger charge is -2.34. The van der Waals surface area contributed by atoms with Crippen molar-refractivity contribution in [1.82, 2.24) is 10.2 Å². The number of rotatable bonds is 8. The van der Waals surface area contributed by atoms with E-state index in [1.807, 2.05) is 13.0 Å². The molecule has 1 aliphatic heterocycles. The molecule has 1 aromatic rings. The molecule has 1 aliphatic rings. The van der Waals surface area contributed by atoms with Gasteiger partial charge in [-0.3, -0.25) is 4.99 Å². The van der Waals surface area contributed by atoms with Crippen molar-refractivity contribution in [2.45, 2.75) is 52.5 Å². The first-order valence-corrected chi connectivity index (χ1v) is 9.48. The van der Waals surface area contributed by atoms with Crippen molar-refractivity contribution in [3.63, 3.8) is 0 Å². The normalized spacial score (nSPS) is 18.1. The molecule has 1 N–H and O–H groups in total. The fraction of sp³-hybridized carbons (Fsp3) is 0.571. The van der Waals surface area contributed by atoms with Crippen LogP contribution in [0.15, 0.2) is 41.5 Å². The maximum atomic E-state index is 13.9. The summed E-state index contributed by atoms with van der Waals surface area (Å²) in [4.78, 5) is 6.96. The van der Waals surface area contributed by atoms with Crippen LogP contribution in [-0.2, 0) is 0 Å². The topological polar surface area (TPSA) is 27.6 Å². The Bertz CT molecular complexity index is 591. The lowest BCUT2D eigenvalue weighted by molar-refractivity contribution is 0.266. The second kappa shape index (κ2) is 9.71. The summed E-state index contributed by atoms with van der Waals surface area (Å²) in [5.41, 5.74) is 2.57. The van der Waals surface area contributed by atoms with E-state index < -0.39 is 0 Å². The highest BCUT2D eigenvalue weighted by atomic mass is 19.1. The highest BCUT2D eigenvalue weighted by molar-refractivity contribution is 5.87. The average Bonchev–Trinajstić information content (AvgIpc) is 2.63. The molecular formula is C21H32FN3. The first kappa shape index (κ1) is 19.6. The molecule has 0 bridgehead atoms. The summed E-state index contributed by atoms with van der Waals surface area (Å²) in [6.07, 6.45) is 4.74. The Morgan fingerprint density at radius 2 is 1.96 bits per heavy atom. The highest BCUT2D eigenvalue weighted by Crippen LogP contribution is 2.23. The van der Waals surface area contributed by atoms with Gasteiger partial charge in [0.2, 0.25) is 0 Å². The molecule has 1 saturated heterocycles. The molecule has 0 saturated carbocycles. The van der Waals surface area contributed by atoms with E-state index in [4.69, 9.17) is 0 Å². The molecule has 3 nitrogen and oxygen atoms in total. The Balaban J connectivity index is 2.06. The first-order chi connectivity index (χ1) is 12.0. The van der Waals surface area contributed by atoms with Crippen molar-refractivity contribution in [3.05, 3.63) is 42.4 Å². The molecular weight excluding hydrogens is 313 g/mol. The molecule has 2 atom stereocenters. The van der Waals surface area contributed by atoms with Gasteiger partial charge in [-0.05, 0) is 44.9 Å². The zero-order valence-electron chi connectivity index (χ0n) is 15.9. The maximum Gasteiger partial charge on any atom is 0.148 e. The third-order valence-corrected chi connectivity index (χ3v) is 5.14. The summed E-state index contributed by atoms with van der Waals surface area (Å²) in [6, 6.07) is 6.95. The van der Waals surface area contributed by atoms with Gasteiger partial charge in [-0.15, -0.1) is 0 Å². The van der Waals surface area contributed by atoms with Crippen LogP contribution in [0.5, 0.6) is 0 Å². The van der Waals surface area contributed by atoms with Crippen molar-refractivity contribution in [2.75, 3.05) is 19.6 Å². The third-order valence-electron chi connectivity index (χ3n) is 5.14. The van der Waals surface area contributed by atoms with Crippen molar-refractivity contribution < 1.29 is 4.39 Å². The van der Waals surface area contributed by atoms with Crippen LogP contribution >= 0.6 is 0 Å². The van der Waals surface area contributed by atoms with E-state index in [1.165, 1.54) is 31.0 Å². The van der Waals surface area contributed by atoms with E-state index in [2.05, 4.69) is 35.6 Å². The van der Waals surface area contributed by atoms with Crippen molar-refractivity contribution in [1.29, 1.82) is 0 Å². The molecule has 2 rings (SSSR count). The predicted octanol–water partition coefficient (Wildman–Crippen LogP) is 4.92. The highest BCUT2D eigenvalue weighted by Gasteiger charge is 2.22. The fourth-order valence-corrected chi connectivity index (χ4v) is 3.41. The van der Waals surface area contributed by atoms with Gasteiger partial charge in [0.05, 0.1) is 5.69 Å². The van der Waals surface area contributed by atoms with Gasteiger partial charge >= 0.3 is 0 Å². The number of nitrogens with one attached hydrogen (secondary N) is 1. The average molecular weight is 346 g/mol. The summed E-state index contributed by atoms with van der Waals surface area (Å²) < 4.78 is 13.9. The lowest BCUT2D eigenvalue weighted by Crippen LogP contribution is -2.40. The molecule has 1 aromatic carbocycles. The van der Waals surface area contributed by atoms with Gasteiger partial charge in [0, 0.05) is 42.9 Å². The summed E-state index contributed by atoms with van der Waals surface area (Å²) in [5, 5.41) is 3.57. The van der Waals surface area contributed by atoms with Gasteiger partial charge in [0.15, 0.2) is 0 Å². The predicted molar refractivity (Wildman–Crippen MR) is 105 cm³/mol. The molecule has 138 valence electrons. The minimum Gasteiger partial charge on any atom is -0.375 e. The second-order valence-corrected chi connectivity index (χ2v) is 6.98. The number of benzene rings is 1. The Hall–Kier alpha value is -1.68. The summed E-state index contributed by atoms with van der Waals surface area (Å²) >= 11 is 0. The number of piperidine rings is 1. The number of para-hydroxylation sites is 1. The van der Waals surface area contributed by atoms with Gasteiger partial charge in [0.1, 0.15) is 5.82 Å². The van der Waals surface area contributed by atoms with Crippen LogP contribution in [-0.4, -0.2) is 36.3 Å². The van der Waals surface area contributed by atoms with Crippen LogP contribution in [0.4, 0.5) is 10.1 Å². The van der Waals surface area contributed by atoms with Crippen molar-refractivity contribution in [2.24, 2.45) is 10.9 Å². The second-order valence-electron chi connectivity index (χ2n) is 6.98. The maximum absolute atomic E-state index is 13.9. The molecule has 1 heterocycles. The zero-order chi connectivity index (χ0) is 18.2. The third kappa shape index (κ3) is 5.67.